The number of halogens is 1. The molecule has 2 atom stereocenters. The number of alkyl halides is 1. The molecule has 1 N–H and O–H groups in total. The summed E-state index contributed by atoms with van der Waals surface area (Å²) in [7, 11) is 0. The maximum atomic E-state index is 8.57. The molecule has 0 aromatic heterocycles. The van der Waals surface area contributed by atoms with Crippen molar-refractivity contribution in [2.24, 2.45) is 5.92 Å². The van der Waals surface area contributed by atoms with E-state index in [9.17, 15) is 0 Å². The minimum absolute atomic E-state index is 0.309. The summed E-state index contributed by atoms with van der Waals surface area (Å²) < 4.78 is 0. The Morgan fingerprint density at radius 2 is 2.09 bits per heavy atom. The summed E-state index contributed by atoms with van der Waals surface area (Å²) in [4.78, 5) is 0. The first-order valence-corrected chi connectivity index (χ1v) is 4.89. The molecule has 0 amide bonds. The number of rotatable bonds is 6. The van der Waals surface area contributed by atoms with Crippen LogP contribution in [-0.2, 0) is 0 Å². The van der Waals surface area contributed by atoms with Gasteiger partial charge in [0.25, 0.3) is 0 Å². The highest BCUT2D eigenvalue weighted by molar-refractivity contribution is 6.20. The number of aliphatic hydroxyl groups excluding tert-OH is 1. The summed E-state index contributed by atoms with van der Waals surface area (Å²) in [5.41, 5.74) is 0. The molecule has 68 valence electrons. The van der Waals surface area contributed by atoms with Gasteiger partial charge >= 0.3 is 0 Å². The molecule has 0 aromatic rings. The average molecular weight is 179 g/mol. The zero-order valence-corrected chi connectivity index (χ0v) is 8.27. The standard InChI is InChI=1S/C9H19ClO/c1-3-9(10)7-8(2)5-4-6-11/h8-9,11H,3-7H2,1-2H3/t8-,9?/m1/s1. The molecule has 0 rings (SSSR count). The SMILES string of the molecule is CCC(Cl)C[C@H](C)CCCO. The zero-order valence-electron chi connectivity index (χ0n) is 7.52. The molecule has 0 aromatic carbocycles. The molecular weight excluding hydrogens is 160 g/mol. The van der Waals surface area contributed by atoms with Gasteiger partial charge in [-0.25, -0.2) is 0 Å². The molecule has 2 heteroatoms. The third-order valence-electron chi connectivity index (χ3n) is 1.96. The van der Waals surface area contributed by atoms with E-state index in [0.29, 0.717) is 17.9 Å². The van der Waals surface area contributed by atoms with Crippen LogP contribution in [0.25, 0.3) is 0 Å². The maximum absolute atomic E-state index is 8.57. The third kappa shape index (κ3) is 6.64. The van der Waals surface area contributed by atoms with Gasteiger partial charge < -0.3 is 5.11 Å². The third-order valence-corrected chi connectivity index (χ3v) is 2.44. The van der Waals surface area contributed by atoms with E-state index < -0.39 is 0 Å². The van der Waals surface area contributed by atoms with Gasteiger partial charge in [0.1, 0.15) is 0 Å². The molecule has 0 aliphatic carbocycles. The number of hydrogen-bond donors (Lipinski definition) is 1. The molecular formula is C9H19ClO. The molecule has 0 saturated carbocycles. The van der Waals surface area contributed by atoms with Crippen LogP contribution in [0, 0.1) is 5.92 Å². The van der Waals surface area contributed by atoms with Crippen molar-refractivity contribution in [1.29, 1.82) is 0 Å². The topological polar surface area (TPSA) is 20.2 Å². The fourth-order valence-corrected chi connectivity index (χ4v) is 1.47. The van der Waals surface area contributed by atoms with Crippen LogP contribution < -0.4 is 0 Å². The van der Waals surface area contributed by atoms with Crippen LogP contribution in [0.5, 0.6) is 0 Å². The molecule has 0 bridgehead atoms. The highest BCUT2D eigenvalue weighted by Crippen LogP contribution is 2.17. The second kappa shape index (κ2) is 6.93. The van der Waals surface area contributed by atoms with Crippen molar-refractivity contribution in [3.05, 3.63) is 0 Å². The van der Waals surface area contributed by atoms with E-state index in [-0.39, 0.29) is 0 Å². The first kappa shape index (κ1) is 11.2. The van der Waals surface area contributed by atoms with Gasteiger partial charge in [0, 0.05) is 12.0 Å². The van der Waals surface area contributed by atoms with Crippen LogP contribution >= 0.6 is 11.6 Å². The van der Waals surface area contributed by atoms with E-state index >= 15 is 0 Å². The summed E-state index contributed by atoms with van der Waals surface area (Å²) in [6.07, 6.45) is 4.14. The highest BCUT2D eigenvalue weighted by Gasteiger charge is 2.07. The molecule has 11 heavy (non-hydrogen) atoms. The van der Waals surface area contributed by atoms with Crippen LogP contribution in [0.2, 0.25) is 0 Å². The fourth-order valence-electron chi connectivity index (χ4n) is 1.16. The van der Waals surface area contributed by atoms with Crippen molar-refractivity contribution >= 4 is 11.6 Å². The van der Waals surface area contributed by atoms with Gasteiger partial charge in [-0.2, -0.15) is 0 Å². The van der Waals surface area contributed by atoms with E-state index in [2.05, 4.69) is 13.8 Å². The summed E-state index contributed by atoms with van der Waals surface area (Å²) in [5.74, 6) is 0.657. The molecule has 1 unspecified atom stereocenters. The molecule has 0 radical (unpaired) electrons. The van der Waals surface area contributed by atoms with Crippen molar-refractivity contribution in [1.82, 2.24) is 0 Å². The first-order chi connectivity index (χ1) is 5.20. The van der Waals surface area contributed by atoms with Crippen LogP contribution in [0.3, 0.4) is 0 Å². The Balaban J connectivity index is 3.27. The lowest BCUT2D eigenvalue weighted by molar-refractivity contribution is 0.271. The molecule has 0 aliphatic heterocycles. The predicted molar refractivity (Wildman–Crippen MR) is 50.0 cm³/mol. The summed E-state index contributed by atoms with van der Waals surface area (Å²) in [5, 5.41) is 8.90. The Kier molecular flexibility index (Phi) is 7.09. The Bertz CT molecular complexity index is 85.6. The van der Waals surface area contributed by atoms with Gasteiger partial charge in [0.15, 0.2) is 0 Å². The van der Waals surface area contributed by atoms with Crippen molar-refractivity contribution in [2.45, 2.75) is 44.9 Å². The second-order valence-electron chi connectivity index (χ2n) is 3.21. The van der Waals surface area contributed by atoms with E-state index in [1.807, 2.05) is 0 Å². The van der Waals surface area contributed by atoms with E-state index in [4.69, 9.17) is 16.7 Å². The molecule has 1 nitrogen and oxygen atoms in total. The Morgan fingerprint density at radius 3 is 2.55 bits per heavy atom. The summed E-state index contributed by atoms with van der Waals surface area (Å²) in [6, 6.07) is 0. The second-order valence-corrected chi connectivity index (χ2v) is 3.83. The van der Waals surface area contributed by atoms with Gasteiger partial charge in [-0.1, -0.05) is 13.8 Å². The van der Waals surface area contributed by atoms with Gasteiger partial charge in [-0.05, 0) is 31.6 Å². The molecule has 0 saturated heterocycles. The van der Waals surface area contributed by atoms with Crippen molar-refractivity contribution in [2.75, 3.05) is 6.61 Å². The lowest BCUT2D eigenvalue weighted by Crippen LogP contribution is -2.05. The smallest absolute Gasteiger partial charge is 0.0431 e. The van der Waals surface area contributed by atoms with Gasteiger partial charge in [-0.15, -0.1) is 11.6 Å². The van der Waals surface area contributed by atoms with E-state index in [1.54, 1.807) is 0 Å². The number of aliphatic hydroxyl groups is 1. The van der Waals surface area contributed by atoms with Gasteiger partial charge in [-0.3, -0.25) is 0 Å². The van der Waals surface area contributed by atoms with Crippen LogP contribution in [0.1, 0.15) is 39.5 Å². The Labute approximate surface area is 74.8 Å². The van der Waals surface area contributed by atoms with Crippen molar-refractivity contribution in [3.8, 4) is 0 Å². The maximum Gasteiger partial charge on any atom is 0.0431 e. The van der Waals surface area contributed by atoms with Crippen molar-refractivity contribution in [3.63, 3.8) is 0 Å². The minimum atomic E-state index is 0.309. The van der Waals surface area contributed by atoms with Crippen LogP contribution in [-0.4, -0.2) is 17.1 Å². The van der Waals surface area contributed by atoms with Gasteiger partial charge in [0.05, 0.1) is 0 Å². The fraction of sp³-hybridized carbons (Fsp3) is 1.00. The number of hydrogen-bond acceptors (Lipinski definition) is 1. The van der Waals surface area contributed by atoms with Gasteiger partial charge in [0.2, 0.25) is 0 Å². The zero-order chi connectivity index (χ0) is 8.69. The molecule has 0 heterocycles. The highest BCUT2D eigenvalue weighted by atomic mass is 35.5. The van der Waals surface area contributed by atoms with Crippen LogP contribution in [0.15, 0.2) is 0 Å². The largest absolute Gasteiger partial charge is 0.396 e. The molecule has 0 spiro atoms. The van der Waals surface area contributed by atoms with E-state index in [0.717, 1.165) is 25.7 Å². The van der Waals surface area contributed by atoms with E-state index in [1.165, 1.54) is 0 Å². The quantitative estimate of drug-likeness (QED) is 0.621. The summed E-state index contributed by atoms with van der Waals surface area (Å²) >= 11 is 5.98. The normalized spacial score (nSPS) is 16.4. The van der Waals surface area contributed by atoms with Crippen LogP contribution in [0.4, 0.5) is 0 Å². The predicted octanol–water partition coefficient (Wildman–Crippen LogP) is 2.80. The average Bonchev–Trinajstić information content (AvgIpc) is 2.00. The lowest BCUT2D eigenvalue weighted by Gasteiger charge is -2.13. The minimum Gasteiger partial charge on any atom is -0.396 e. The Morgan fingerprint density at radius 1 is 1.45 bits per heavy atom. The monoisotopic (exact) mass is 178 g/mol. The van der Waals surface area contributed by atoms with Crippen molar-refractivity contribution < 1.29 is 5.11 Å². The Hall–Kier alpha value is 0.250. The molecule has 0 fully saturated rings. The first-order valence-electron chi connectivity index (χ1n) is 4.45. The lowest BCUT2D eigenvalue weighted by atomic mass is 9.99. The molecule has 0 aliphatic rings. The summed E-state index contributed by atoms with van der Waals surface area (Å²) in [6.45, 7) is 4.61.